The first-order chi connectivity index (χ1) is 13.5. The Morgan fingerprint density at radius 1 is 1.25 bits per heavy atom. The molecule has 0 radical (unpaired) electrons. The predicted molar refractivity (Wildman–Crippen MR) is 107 cm³/mol. The Balaban J connectivity index is 1.57. The maximum Gasteiger partial charge on any atom is 0.278 e. The predicted octanol–water partition coefficient (Wildman–Crippen LogP) is 1.48. The quantitative estimate of drug-likeness (QED) is 0.841. The van der Waals surface area contributed by atoms with Crippen LogP contribution in [0.5, 0.6) is 0 Å². The van der Waals surface area contributed by atoms with Gasteiger partial charge in [0.1, 0.15) is 12.1 Å². The Morgan fingerprint density at radius 2 is 2.00 bits per heavy atom. The van der Waals surface area contributed by atoms with Crippen LogP contribution in [0.1, 0.15) is 58.1 Å². The van der Waals surface area contributed by atoms with E-state index in [1.807, 2.05) is 20.8 Å². The van der Waals surface area contributed by atoms with Crippen LogP contribution in [0.3, 0.4) is 0 Å². The summed E-state index contributed by atoms with van der Waals surface area (Å²) in [6.07, 6.45) is 6.22. The second kappa shape index (κ2) is 7.66. The number of piperidine rings is 1. The molecule has 0 saturated carbocycles. The van der Waals surface area contributed by atoms with Gasteiger partial charge in [0, 0.05) is 24.8 Å². The van der Waals surface area contributed by atoms with Crippen LogP contribution in [-0.4, -0.2) is 55.5 Å². The summed E-state index contributed by atoms with van der Waals surface area (Å²) in [7, 11) is 0. The van der Waals surface area contributed by atoms with Crippen molar-refractivity contribution >= 4 is 16.8 Å². The molecule has 4 rings (SSSR count). The molecule has 8 heteroatoms. The topological polar surface area (TPSA) is 85.0 Å². The first-order valence-corrected chi connectivity index (χ1v) is 10.5. The average Bonchev–Trinajstić information content (AvgIpc) is 3.31. The summed E-state index contributed by atoms with van der Waals surface area (Å²) < 4.78 is 3.06. The van der Waals surface area contributed by atoms with Gasteiger partial charge in [0.25, 0.3) is 5.56 Å². The first-order valence-electron chi connectivity index (χ1n) is 10.5. The smallest absolute Gasteiger partial charge is 0.278 e. The van der Waals surface area contributed by atoms with Gasteiger partial charge in [0.2, 0.25) is 5.91 Å². The first kappa shape index (κ1) is 19.1. The van der Waals surface area contributed by atoms with E-state index in [1.165, 1.54) is 11.1 Å². The van der Waals surface area contributed by atoms with Gasteiger partial charge in [-0.25, -0.2) is 4.68 Å². The van der Waals surface area contributed by atoms with E-state index in [4.69, 9.17) is 0 Å². The van der Waals surface area contributed by atoms with Crippen LogP contribution in [0.25, 0.3) is 10.9 Å². The van der Waals surface area contributed by atoms with Crippen LogP contribution in [0, 0.1) is 0 Å². The second-order valence-corrected chi connectivity index (χ2v) is 8.31. The summed E-state index contributed by atoms with van der Waals surface area (Å²) in [4.78, 5) is 28.1. The molecule has 0 unspecified atom stereocenters. The van der Waals surface area contributed by atoms with Crippen molar-refractivity contribution in [1.29, 1.82) is 0 Å². The Bertz CT molecular complexity index is 931. The number of hydrogen-bond acceptors (Lipinski definition) is 5. The van der Waals surface area contributed by atoms with Crippen molar-refractivity contribution in [3.05, 3.63) is 22.2 Å². The number of nitrogens with zero attached hydrogens (tertiary/aromatic N) is 5. The molecule has 8 nitrogen and oxygen atoms in total. The van der Waals surface area contributed by atoms with Gasteiger partial charge in [-0.2, -0.15) is 10.2 Å². The molecule has 0 spiro atoms. The van der Waals surface area contributed by atoms with E-state index in [0.29, 0.717) is 23.5 Å². The lowest BCUT2D eigenvalue weighted by Gasteiger charge is -2.37. The number of amides is 1. The van der Waals surface area contributed by atoms with Crippen LogP contribution in [0.2, 0.25) is 0 Å². The highest BCUT2D eigenvalue weighted by Gasteiger charge is 2.35. The number of hydrogen-bond donors (Lipinski definition) is 1. The van der Waals surface area contributed by atoms with Gasteiger partial charge in [-0.1, -0.05) is 13.8 Å². The minimum Gasteiger partial charge on any atom is -0.350 e. The number of rotatable bonds is 5. The zero-order valence-corrected chi connectivity index (χ0v) is 17.0. The van der Waals surface area contributed by atoms with Gasteiger partial charge in [-0.15, -0.1) is 0 Å². The molecular weight excluding hydrogens is 356 g/mol. The summed E-state index contributed by atoms with van der Waals surface area (Å²) in [6.45, 7) is 8.94. The largest absolute Gasteiger partial charge is 0.350 e. The van der Waals surface area contributed by atoms with Crippen molar-refractivity contribution in [1.82, 2.24) is 29.8 Å². The lowest BCUT2D eigenvalue weighted by molar-refractivity contribution is -0.123. The van der Waals surface area contributed by atoms with Crippen molar-refractivity contribution in [2.24, 2.45) is 0 Å². The molecule has 152 valence electrons. The third-order valence-corrected chi connectivity index (χ3v) is 6.05. The number of aromatic nitrogens is 4. The minimum atomic E-state index is -0.250. The molecule has 0 bridgehead atoms. The van der Waals surface area contributed by atoms with E-state index in [0.717, 1.165) is 38.0 Å². The van der Waals surface area contributed by atoms with Crippen LogP contribution in [0.4, 0.5) is 0 Å². The second-order valence-electron chi connectivity index (χ2n) is 8.31. The average molecular weight is 387 g/mol. The highest BCUT2D eigenvalue weighted by atomic mass is 16.2. The fourth-order valence-electron chi connectivity index (χ4n) is 4.64. The Morgan fingerprint density at radius 3 is 2.71 bits per heavy atom. The molecule has 2 atom stereocenters. The van der Waals surface area contributed by atoms with Crippen LogP contribution < -0.4 is 10.9 Å². The van der Waals surface area contributed by atoms with E-state index in [9.17, 15) is 9.59 Å². The molecule has 28 heavy (non-hydrogen) atoms. The summed E-state index contributed by atoms with van der Waals surface area (Å²) in [5.41, 5.74) is 1.15. The molecular formula is C20H30N6O2. The Hall–Kier alpha value is -2.22. The highest BCUT2D eigenvalue weighted by Crippen LogP contribution is 2.27. The molecule has 2 aromatic rings. The number of carbonyl (C=O) groups excluding carboxylic acids is 1. The third kappa shape index (κ3) is 3.45. The number of nitrogens with one attached hydrogen (secondary N) is 1. The van der Waals surface area contributed by atoms with Gasteiger partial charge in [-0.05, 0) is 51.6 Å². The number of aryl methyl sites for hydroxylation is 1. The lowest BCUT2D eigenvalue weighted by atomic mass is 9.96. The molecule has 4 heterocycles. The fraction of sp³-hybridized carbons (Fsp3) is 0.700. The van der Waals surface area contributed by atoms with Crippen LogP contribution >= 0.6 is 0 Å². The van der Waals surface area contributed by atoms with Crippen molar-refractivity contribution in [3.8, 4) is 0 Å². The van der Waals surface area contributed by atoms with Crippen molar-refractivity contribution < 1.29 is 4.79 Å². The van der Waals surface area contributed by atoms with Crippen LogP contribution in [0.15, 0.2) is 11.0 Å². The molecule has 2 fully saturated rings. The Labute approximate surface area is 164 Å². The molecule has 0 aliphatic carbocycles. The van der Waals surface area contributed by atoms with E-state index in [2.05, 4.69) is 20.4 Å². The lowest BCUT2D eigenvalue weighted by Crippen LogP contribution is -2.53. The Kier molecular flexibility index (Phi) is 5.23. The SMILES string of the molecule is CCn1cc2c(=O)n(CC(=O)N[C@@H]3CCCN4CCC[C@@H]34)nc(C(C)C)c2n1. The zero-order chi connectivity index (χ0) is 19.8. The molecule has 2 aromatic heterocycles. The molecule has 0 aromatic carbocycles. The number of carbonyl (C=O) groups is 1. The molecule has 2 aliphatic rings. The monoisotopic (exact) mass is 386 g/mol. The molecule has 2 saturated heterocycles. The summed E-state index contributed by atoms with van der Waals surface area (Å²) in [5, 5.41) is 12.7. The normalized spacial score (nSPS) is 22.7. The standard InChI is InChI=1S/C20H30N6O2/c1-4-25-11-14-19(22-25)18(13(2)3)23-26(20(14)28)12-17(27)21-15-7-5-9-24-10-6-8-16(15)24/h11,13,15-16H,4-10,12H2,1-3H3,(H,21,27)/t15-,16+/m1/s1. The summed E-state index contributed by atoms with van der Waals surface area (Å²) in [5.74, 6) is -0.0201. The van der Waals surface area contributed by atoms with Crippen molar-refractivity contribution in [3.63, 3.8) is 0 Å². The molecule has 1 N–H and O–H groups in total. The van der Waals surface area contributed by atoms with E-state index < -0.39 is 0 Å². The highest BCUT2D eigenvalue weighted by molar-refractivity contribution is 5.80. The van der Waals surface area contributed by atoms with E-state index in [-0.39, 0.29) is 30.0 Å². The third-order valence-electron chi connectivity index (χ3n) is 6.05. The van der Waals surface area contributed by atoms with Crippen molar-refractivity contribution in [2.75, 3.05) is 13.1 Å². The van der Waals surface area contributed by atoms with Gasteiger partial charge in [0.05, 0.1) is 11.1 Å². The molecule has 1 amide bonds. The maximum atomic E-state index is 12.9. The summed E-state index contributed by atoms with van der Waals surface area (Å²) >= 11 is 0. The zero-order valence-electron chi connectivity index (χ0n) is 17.0. The van der Waals surface area contributed by atoms with Gasteiger partial charge >= 0.3 is 0 Å². The van der Waals surface area contributed by atoms with Gasteiger partial charge in [-0.3, -0.25) is 19.2 Å². The van der Waals surface area contributed by atoms with Gasteiger partial charge < -0.3 is 5.32 Å². The minimum absolute atomic E-state index is 0.0466. The van der Waals surface area contributed by atoms with Gasteiger partial charge in [0.15, 0.2) is 0 Å². The maximum absolute atomic E-state index is 12.9. The molecule has 2 aliphatic heterocycles. The summed E-state index contributed by atoms with van der Waals surface area (Å²) in [6, 6.07) is 0.620. The number of fused-ring (bicyclic) bond motifs is 2. The van der Waals surface area contributed by atoms with Crippen LogP contribution in [-0.2, 0) is 17.9 Å². The van der Waals surface area contributed by atoms with Crippen molar-refractivity contribution in [2.45, 2.75) is 77.5 Å². The fourth-order valence-corrected chi connectivity index (χ4v) is 4.64. The van der Waals surface area contributed by atoms with E-state index in [1.54, 1.807) is 10.9 Å². The van der Waals surface area contributed by atoms with E-state index >= 15 is 0 Å².